The lowest BCUT2D eigenvalue weighted by Gasteiger charge is -2.17. The smallest absolute Gasteiger partial charge is 0.128 e. The summed E-state index contributed by atoms with van der Waals surface area (Å²) >= 11 is 5.16. The average Bonchev–Trinajstić information content (AvgIpc) is 2.28. The van der Waals surface area contributed by atoms with E-state index >= 15 is 0 Å². The van der Waals surface area contributed by atoms with Crippen molar-refractivity contribution in [1.82, 2.24) is 5.32 Å². The summed E-state index contributed by atoms with van der Waals surface area (Å²) in [6, 6.07) is 5.08. The largest absolute Gasteiger partial charge is 0.309 e. The van der Waals surface area contributed by atoms with E-state index in [1.807, 2.05) is 13.0 Å². The second kappa shape index (κ2) is 6.62. The molecule has 0 spiro atoms. The molecule has 0 heterocycles. The molecule has 0 saturated carbocycles. The highest BCUT2D eigenvalue weighted by atomic mass is 79.9. The predicted molar refractivity (Wildman–Crippen MR) is 73.5 cm³/mol. The van der Waals surface area contributed by atoms with Crippen molar-refractivity contribution in [1.29, 1.82) is 0 Å². The van der Waals surface area contributed by atoms with Crippen molar-refractivity contribution < 1.29 is 4.39 Å². The van der Waals surface area contributed by atoms with Gasteiger partial charge in [-0.15, -0.1) is 0 Å². The lowest BCUT2D eigenvalue weighted by Crippen LogP contribution is -2.26. The summed E-state index contributed by atoms with van der Waals surface area (Å²) in [5, 5.41) is 3.88. The molecule has 1 aromatic rings. The van der Waals surface area contributed by atoms with Crippen LogP contribution in [0.4, 0.5) is 4.39 Å². The average molecular weight is 306 g/mol. The maximum atomic E-state index is 13.6. The molecule has 1 rings (SSSR count). The van der Waals surface area contributed by atoms with E-state index in [1.54, 1.807) is 17.8 Å². The molecular formula is C12H17BrFNS. The summed E-state index contributed by atoms with van der Waals surface area (Å²) in [5.74, 6) is -0.153. The molecule has 0 amide bonds. The van der Waals surface area contributed by atoms with E-state index in [0.29, 0.717) is 10.8 Å². The number of halogens is 2. The monoisotopic (exact) mass is 305 g/mol. The molecule has 16 heavy (non-hydrogen) atoms. The SMILES string of the molecule is CSC(C)CNC(C)c1cc(Br)ccc1F. The molecule has 0 bridgehead atoms. The second-order valence-corrected chi connectivity index (χ2v) is 6.03. The molecule has 1 nitrogen and oxygen atoms in total. The van der Waals surface area contributed by atoms with Crippen LogP contribution in [0.15, 0.2) is 22.7 Å². The van der Waals surface area contributed by atoms with Gasteiger partial charge >= 0.3 is 0 Å². The van der Waals surface area contributed by atoms with Crippen LogP contribution in [0.3, 0.4) is 0 Å². The van der Waals surface area contributed by atoms with E-state index in [1.165, 1.54) is 6.07 Å². The fourth-order valence-corrected chi connectivity index (χ4v) is 2.02. The first-order valence-corrected chi connectivity index (χ1v) is 7.33. The molecule has 2 unspecified atom stereocenters. The molecular weight excluding hydrogens is 289 g/mol. The van der Waals surface area contributed by atoms with Gasteiger partial charge in [-0.2, -0.15) is 11.8 Å². The van der Waals surface area contributed by atoms with Gasteiger partial charge in [0.25, 0.3) is 0 Å². The number of benzene rings is 1. The molecule has 2 atom stereocenters. The molecule has 0 saturated heterocycles. The first kappa shape index (κ1) is 14.0. The summed E-state index contributed by atoms with van der Waals surface area (Å²) in [7, 11) is 0. The fourth-order valence-electron chi connectivity index (χ4n) is 1.38. The zero-order chi connectivity index (χ0) is 12.1. The van der Waals surface area contributed by atoms with Gasteiger partial charge in [-0.05, 0) is 31.4 Å². The van der Waals surface area contributed by atoms with Gasteiger partial charge in [-0.1, -0.05) is 22.9 Å². The highest BCUT2D eigenvalue weighted by Crippen LogP contribution is 2.21. The Labute approximate surface area is 109 Å². The van der Waals surface area contributed by atoms with E-state index < -0.39 is 0 Å². The molecule has 0 fully saturated rings. The summed E-state index contributed by atoms with van der Waals surface area (Å²) < 4.78 is 14.5. The Morgan fingerprint density at radius 1 is 1.44 bits per heavy atom. The van der Waals surface area contributed by atoms with Crippen LogP contribution in [0.1, 0.15) is 25.5 Å². The van der Waals surface area contributed by atoms with Crippen LogP contribution in [0, 0.1) is 5.82 Å². The van der Waals surface area contributed by atoms with Crippen molar-refractivity contribution in [3.8, 4) is 0 Å². The summed E-state index contributed by atoms with van der Waals surface area (Å²) in [6.07, 6.45) is 2.08. The molecule has 0 radical (unpaired) electrons. The third-order valence-electron chi connectivity index (χ3n) is 2.54. The molecule has 1 aromatic carbocycles. The Bertz CT molecular complexity index is 346. The molecule has 90 valence electrons. The standard InChI is InChI=1S/C12H17BrFNS/c1-8(16-3)7-15-9(2)11-6-10(13)4-5-12(11)14/h4-6,8-9,15H,7H2,1-3H3. The van der Waals surface area contributed by atoms with Crippen LogP contribution in [-0.4, -0.2) is 18.1 Å². The van der Waals surface area contributed by atoms with Gasteiger partial charge in [0.2, 0.25) is 0 Å². The Morgan fingerprint density at radius 3 is 2.75 bits per heavy atom. The van der Waals surface area contributed by atoms with Crippen LogP contribution in [0.5, 0.6) is 0 Å². The zero-order valence-corrected chi connectivity index (χ0v) is 12.2. The highest BCUT2D eigenvalue weighted by molar-refractivity contribution is 9.10. The third-order valence-corrected chi connectivity index (χ3v) is 4.00. The molecule has 0 aromatic heterocycles. The minimum Gasteiger partial charge on any atom is -0.309 e. The number of hydrogen-bond acceptors (Lipinski definition) is 2. The van der Waals surface area contributed by atoms with E-state index in [-0.39, 0.29) is 11.9 Å². The zero-order valence-electron chi connectivity index (χ0n) is 9.76. The Hall–Kier alpha value is -0.0600. The first-order valence-electron chi connectivity index (χ1n) is 5.25. The molecule has 0 aliphatic carbocycles. The molecule has 0 aliphatic heterocycles. The number of thioether (sulfide) groups is 1. The van der Waals surface area contributed by atoms with E-state index in [4.69, 9.17) is 0 Å². The number of rotatable bonds is 5. The van der Waals surface area contributed by atoms with Crippen molar-refractivity contribution in [2.45, 2.75) is 25.1 Å². The topological polar surface area (TPSA) is 12.0 Å². The lowest BCUT2D eigenvalue weighted by atomic mass is 10.1. The maximum absolute atomic E-state index is 13.6. The molecule has 0 aliphatic rings. The predicted octanol–water partition coefficient (Wildman–Crippen LogP) is 3.99. The van der Waals surface area contributed by atoms with Crippen molar-refractivity contribution in [3.05, 3.63) is 34.1 Å². The van der Waals surface area contributed by atoms with Crippen LogP contribution < -0.4 is 5.32 Å². The van der Waals surface area contributed by atoms with Crippen molar-refractivity contribution in [2.24, 2.45) is 0 Å². The lowest BCUT2D eigenvalue weighted by molar-refractivity contribution is 0.530. The van der Waals surface area contributed by atoms with Crippen LogP contribution >= 0.6 is 27.7 Å². The fraction of sp³-hybridized carbons (Fsp3) is 0.500. The molecule has 1 N–H and O–H groups in total. The van der Waals surface area contributed by atoms with Crippen molar-refractivity contribution in [3.63, 3.8) is 0 Å². The summed E-state index contributed by atoms with van der Waals surface area (Å²) in [6.45, 7) is 5.02. The molecule has 4 heteroatoms. The quantitative estimate of drug-likeness (QED) is 0.883. The van der Waals surface area contributed by atoms with Gasteiger partial charge in [0, 0.05) is 27.9 Å². The second-order valence-electron chi connectivity index (χ2n) is 3.84. The Kier molecular flexibility index (Phi) is 5.79. The first-order chi connectivity index (χ1) is 7.54. The third kappa shape index (κ3) is 4.07. The van der Waals surface area contributed by atoms with Crippen LogP contribution in [0.25, 0.3) is 0 Å². The van der Waals surface area contributed by atoms with Crippen LogP contribution in [0.2, 0.25) is 0 Å². The van der Waals surface area contributed by atoms with Crippen LogP contribution in [-0.2, 0) is 0 Å². The minimum absolute atomic E-state index is 0.0344. The van der Waals surface area contributed by atoms with Crippen molar-refractivity contribution in [2.75, 3.05) is 12.8 Å². The Balaban J connectivity index is 2.65. The van der Waals surface area contributed by atoms with Crippen molar-refractivity contribution >= 4 is 27.7 Å². The van der Waals surface area contributed by atoms with Gasteiger partial charge < -0.3 is 5.32 Å². The van der Waals surface area contributed by atoms with E-state index in [0.717, 1.165) is 11.0 Å². The highest BCUT2D eigenvalue weighted by Gasteiger charge is 2.11. The van der Waals surface area contributed by atoms with E-state index in [2.05, 4.69) is 34.4 Å². The van der Waals surface area contributed by atoms with E-state index in [9.17, 15) is 4.39 Å². The van der Waals surface area contributed by atoms with Gasteiger partial charge in [0.1, 0.15) is 5.82 Å². The van der Waals surface area contributed by atoms with Gasteiger partial charge in [-0.3, -0.25) is 0 Å². The van der Waals surface area contributed by atoms with Gasteiger partial charge in [-0.25, -0.2) is 4.39 Å². The number of hydrogen-bond donors (Lipinski definition) is 1. The minimum atomic E-state index is -0.153. The Morgan fingerprint density at radius 2 is 2.12 bits per heavy atom. The van der Waals surface area contributed by atoms with Gasteiger partial charge in [0.05, 0.1) is 0 Å². The normalized spacial score (nSPS) is 14.8. The summed E-state index contributed by atoms with van der Waals surface area (Å²) in [4.78, 5) is 0. The van der Waals surface area contributed by atoms with Gasteiger partial charge in [0.15, 0.2) is 0 Å². The number of nitrogens with one attached hydrogen (secondary N) is 1. The summed E-state index contributed by atoms with van der Waals surface area (Å²) in [5.41, 5.74) is 0.711. The maximum Gasteiger partial charge on any atom is 0.128 e.